The summed E-state index contributed by atoms with van der Waals surface area (Å²) in [5.74, 6) is -0.944. The standard InChI is InChI=1S/C18H17F3N4O2.ClH/c19-18(20,21)15-4-6-23-12-14(15)17(27)25-8-2-7-24(9-10-25)16(26)13-3-1-5-22-11-13;/h1,3-6,11-12H,2,7-10H2;1H. The van der Waals surface area contributed by atoms with Crippen molar-refractivity contribution in [3.8, 4) is 0 Å². The molecule has 1 fully saturated rings. The number of hydrogen-bond donors (Lipinski definition) is 0. The van der Waals surface area contributed by atoms with Crippen LogP contribution in [0.1, 0.15) is 32.7 Å². The number of rotatable bonds is 2. The van der Waals surface area contributed by atoms with Crippen LogP contribution in [0.15, 0.2) is 43.0 Å². The van der Waals surface area contributed by atoms with E-state index in [1.807, 2.05) is 0 Å². The number of hydrogen-bond acceptors (Lipinski definition) is 4. The van der Waals surface area contributed by atoms with Crippen LogP contribution >= 0.6 is 12.4 Å². The third kappa shape index (κ3) is 4.78. The van der Waals surface area contributed by atoms with E-state index in [9.17, 15) is 22.8 Å². The van der Waals surface area contributed by atoms with Gasteiger partial charge in [0.05, 0.1) is 16.7 Å². The van der Waals surface area contributed by atoms with Crippen LogP contribution in [-0.2, 0) is 6.18 Å². The molecule has 28 heavy (non-hydrogen) atoms. The van der Waals surface area contributed by atoms with Crippen molar-refractivity contribution < 1.29 is 22.8 Å². The van der Waals surface area contributed by atoms with Gasteiger partial charge in [-0.3, -0.25) is 19.6 Å². The molecular weight excluding hydrogens is 397 g/mol. The molecule has 1 saturated heterocycles. The molecular formula is C18H18ClF3N4O2. The maximum Gasteiger partial charge on any atom is 0.417 e. The Morgan fingerprint density at radius 3 is 2.14 bits per heavy atom. The average molecular weight is 415 g/mol. The van der Waals surface area contributed by atoms with Crippen LogP contribution < -0.4 is 0 Å². The number of amides is 2. The summed E-state index contributed by atoms with van der Waals surface area (Å²) in [6.45, 7) is 1.07. The lowest BCUT2D eigenvalue weighted by molar-refractivity contribution is -0.138. The van der Waals surface area contributed by atoms with Crippen LogP contribution in [0.4, 0.5) is 13.2 Å². The Balaban J connectivity index is 0.00000280. The van der Waals surface area contributed by atoms with Crippen molar-refractivity contribution in [3.05, 3.63) is 59.7 Å². The first-order valence-corrected chi connectivity index (χ1v) is 8.37. The van der Waals surface area contributed by atoms with E-state index in [0.29, 0.717) is 18.5 Å². The number of carbonyl (C=O) groups is 2. The number of pyridine rings is 2. The molecule has 1 aliphatic rings. The molecule has 0 atom stereocenters. The Hall–Kier alpha value is -2.68. The quantitative estimate of drug-likeness (QED) is 0.758. The van der Waals surface area contributed by atoms with Gasteiger partial charge in [-0.2, -0.15) is 13.2 Å². The first kappa shape index (κ1) is 21.6. The summed E-state index contributed by atoms with van der Waals surface area (Å²) in [6, 6.07) is 4.10. The predicted octanol–water partition coefficient (Wildman–Crippen LogP) is 2.91. The number of carbonyl (C=O) groups excluding carboxylic acids is 2. The van der Waals surface area contributed by atoms with Crippen molar-refractivity contribution in [2.75, 3.05) is 26.2 Å². The van der Waals surface area contributed by atoms with Gasteiger partial charge in [-0.1, -0.05) is 0 Å². The van der Waals surface area contributed by atoms with Gasteiger partial charge in [-0.25, -0.2) is 0 Å². The molecule has 10 heteroatoms. The summed E-state index contributed by atoms with van der Waals surface area (Å²) in [5, 5.41) is 0. The molecule has 150 valence electrons. The van der Waals surface area contributed by atoms with E-state index in [2.05, 4.69) is 9.97 Å². The van der Waals surface area contributed by atoms with E-state index in [0.717, 1.165) is 18.5 Å². The number of nitrogens with zero attached hydrogens (tertiary/aromatic N) is 4. The summed E-state index contributed by atoms with van der Waals surface area (Å²) in [6.07, 6.45) is 0.805. The zero-order valence-electron chi connectivity index (χ0n) is 14.7. The summed E-state index contributed by atoms with van der Waals surface area (Å²) in [7, 11) is 0. The normalized spacial score (nSPS) is 14.8. The Bertz CT molecular complexity index is 833. The van der Waals surface area contributed by atoms with Crippen molar-refractivity contribution >= 4 is 24.2 Å². The third-order valence-electron chi connectivity index (χ3n) is 4.34. The van der Waals surface area contributed by atoms with Gasteiger partial charge in [0.2, 0.25) is 0 Å². The Morgan fingerprint density at radius 1 is 0.893 bits per heavy atom. The van der Waals surface area contributed by atoms with E-state index in [4.69, 9.17) is 0 Å². The molecule has 1 aliphatic heterocycles. The molecule has 0 bridgehead atoms. The van der Waals surface area contributed by atoms with Crippen LogP contribution in [0.5, 0.6) is 0 Å². The van der Waals surface area contributed by atoms with Crippen molar-refractivity contribution in [1.82, 2.24) is 19.8 Å². The third-order valence-corrected chi connectivity index (χ3v) is 4.34. The molecule has 6 nitrogen and oxygen atoms in total. The summed E-state index contributed by atoms with van der Waals surface area (Å²) >= 11 is 0. The minimum absolute atomic E-state index is 0. The summed E-state index contributed by atoms with van der Waals surface area (Å²) in [4.78, 5) is 35.6. The topological polar surface area (TPSA) is 66.4 Å². The first-order chi connectivity index (χ1) is 12.9. The molecule has 0 spiro atoms. The minimum atomic E-state index is -4.64. The highest BCUT2D eigenvalue weighted by Crippen LogP contribution is 2.32. The van der Waals surface area contributed by atoms with Gasteiger partial charge in [0.1, 0.15) is 0 Å². The second-order valence-electron chi connectivity index (χ2n) is 6.10. The number of alkyl halides is 3. The smallest absolute Gasteiger partial charge is 0.337 e. The highest BCUT2D eigenvalue weighted by molar-refractivity contribution is 5.96. The molecule has 0 aromatic carbocycles. The van der Waals surface area contributed by atoms with Gasteiger partial charge in [0, 0.05) is 51.0 Å². The van der Waals surface area contributed by atoms with Crippen molar-refractivity contribution in [3.63, 3.8) is 0 Å². The molecule has 0 radical (unpaired) electrons. The molecule has 3 rings (SSSR count). The van der Waals surface area contributed by atoms with E-state index in [-0.39, 0.29) is 37.9 Å². The van der Waals surface area contributed by atoms with Gasteiger partial charge in [-0.15, -0.1) is 12.4 Å². The fraction of sp³-hybridized carbons (Fsp3) is 0.333. The second-order valence-corrected chi connectivity index (χ2v) is 6.10. The zero-order chi connectivity index (χ0) is 19.4. The SMILES string of the molecule is Cl.O=C(c1cccnc1)N1CCCN(C(=O)c2cnccc2C(F)(F)F)CC1. The maximum absolute atomic E-state index is 13.2. The molecule has 2 aromatic heterocycles. The maximum atomic E-state index is 13.2. The second kappa shape index (κ2) is 9.01. The van der Waals surface area contributed by atoms with Crippen LogP contribution in [0.2, 0.25) is 0 Å². The molecule has 0 saturated carbocycles. The van der Waals surface area contributed by atoms with Gasteiger partial charge >= 0.3 is 6.18 Å². The summed E-state index contributed by atoms with van der Waals surface area (Å²) in [5.41, 5.74) is -1.05. The largest absolute Gasteiger partial charge is 0.417 e. The Morgan fingerprint density at radius 2 is 1.54 bits per heavy atom. The first-order valence-electron chi connectivity index (χ1n) is 8.37. The molecule has 2 aromatic rings. The Labute approximate surface area is 165 Å². The van der Waals surface area contributed by atoms with Gasteiger partial charge < -0.3 is 9.80 Å². The lowest BCUT2D eigenvalue weighted by Crippen LogP contribution is -2.38. The van der Waals surface area contributed by atoms with Gasteiger partial charge in [0.15, 0.2) is 0 Å². The molecule has 0 unspecified atom stereocenters. The van der Waals surface area contributed by atoms with Gasteiger partial charge in [0.25, 0.3) is 11.8 Å². The average Bonchev–Trinajstić information content (AvgIpc) is 2.93. The summed E-state index contributed by atoms with van der Waals surface area (Å²) < 4.78 is 39.5. The Kier molecular flexibility index (Phi) is 6.95. The van der Waals surface area contributed by atoms with Crippen LogP contribution in [0.25, 0.3) is 0 Å². The highest BCUT2D eigenvalue weighted by atomic mass is 35.5. The lowest BCUT2D eigenvalue weighted by Gasteiger charge is -2.23. The molecule has 2 amide bonds. The van der Waals surface area contributed by atoms with Crippen molar-refractivity contribution in [1.29, 1.82) is 0 Å². The number of aromatic nitrogens is 2. The van der Waals surface area contributed by atoms with Crippen LogP contribution in [-0.4, -0.2) is 57.8 Å². The van der Waals surface area contributed by atoms with E-state index in [1.165, 1.54) is 11.1 Å². The van der Waals surface area contributed by atoms with E-state index in [1.54, 1.807) is 23.2 Å². The van der Waals surface area contributed by atoms with Gasteiger partial charge in [-0.05, 0) is 24.6 Å². The fourth-order valence-corrected chi connectivity index (χ4v) is 2.98. The molecule has 0 N–H and O–H groups in total. The molecule has 3 heterocycles. The predicted molar refractivity (Wildman–Crippen MR) is 97.1 cm³/mol. The number of halogens is 4. The van der Waals surface area contributed by atoms with E-state index < -0.39 is 23.2 Å². The van der Waals surface area contributed by atoms with E-state index >= 15 is 0 Å². The van der Waals surface area contributed by atoms with Crippen LogP contribution in [0, 0.1) is 0 Å². The van der Waals surface area contributed by atoms with Crippen molar-refractivity contribution in [2.45, 2.75) is 12.6 Å². The van der Waals surface area contributed by atoms with Crippen LogP contribution in [0.3, 0.4) is 0 Å². The zero-order valence-corrected chi connectivity index (χ0v) is 15.5. The highest BCUT2D eigenvalue weighted by Gasteiger charge is 2.36. The lowest BCUT2D eigenvalue weighted by atomic mass is 10.1. The monoisotopic (exact) mass is 414 g/mol. The minimum Gasteiger partial charge on any atom is -0.337 e. The molecule has 0 aliphatic carbocycles. The van der Waals surface area contributed by atoms with Crippen molar-refractivity contribution in [2.24, 2.45) is 0 Å². The fourth-order valence-electron chi connectivity index (χ4n) is 2.98.